The number of nitrogens with zero attached hydrogens (tertiary/aromatic N) is 1. The minimum absolute atomic E-state index is 0.395. The lowest BCUT2D eigenvalue weighted by atomic mass is 10.0. The van der Waals surface area contributed by atoms with Crippen molar-refractivity contribution in [2.24, 2.45) is 0 Å². The third kappa shape index (κ3) is 2.51. The summed E-state index contributed by atoms with van der Waals surface area (Å²) in [5, 5.41) is 3.36. The van der Waals surface area contributed by atoms with Crippen molar-refractivity contribution in [3.8, 4) is 0 Å². The lowest BCUT2D eigenvalue weighted by Crippen LogP contribution is -2.49. The Hall–Kier alpha value is -0.570. The van der Waals surface area contributed by atoms with E-state index < -0.39 is 0 Å². The van der Waals surface area contributed by atoms with Crippen LogP contribution in [0.25, 0.3) is 0 Å². The minimum atomic E-state index is 0.395. The Labute approximate surface area is 92.2 Å². The molecule has 2 heterocycles. The monoisotopic (exact) mass is 210 g/mol. The second-order valence-electron chi connectivity index (χ2n) is 4.88. The maximum Gasteiger partial charge on any atom is 0.223 e. The van der Waals surface area contributed by atoms with Crippen molar-refractivity contribution >= 4 is 5.91 Å². The first kappa shape index (κ1) is 10.9. The highest BCUT2D eigenvalue weighted by molar-refractivity contribution is 5.77. The van der Waals surface area contributed by atoms with Crippen LogP contribution in [0.1, 0.15) is 45.4 Å². The molecule has 86 valence electrons. The number of piperidine rings is 1. The molecule has 1 N–H and O–H groups in total. The lowest BCUT2D eigenvalue weighted by molar-refractivity contribution is -0.135. The molecule has 1 atom stereocenters. The van der Waals surface area contributed by atoms with Gasteiger partial charge in [0, 0.05) is 18.5 Å². The molecule has 3 heteroatoms. The summed E-state index contributed by atoms with van der Waals surface area (Å²) in [7, 11) is 0. The molecule has 1 unspecified atom stereocenters. The van der Waals surface area contributed by atoms with Gasteiger partial charge in [0.2, 0.25) is 5.91 Å². The van der Waals surface area contributed by atoms with E-state index >= 15 is 0 Å². The molecule has 2 saturated heterocycles. The van der Waals surface area contributed by atoms with Crippen LogP contribution in [-0.2, 0) is 4.79 Å². The smallest absolute Gasteiger partial charge is 0.223 e. The maximum atomic E-state index is 12.0. The Morgan fingerprint density at radius 3 is 2.67 bits per heavy atom. The van der Waals surface area contributed by atoms with Gasteiger partial charge in [-0.15, -0.1) is 0 Å². The molecule has 0 aromatic heterocycles. The van der Waals surface area contributed by atoms with Crippen molar-refractivity contribution in [1.82, 2.24) is 10.2 Å². The average molecular weight is 210 g/mol. The molecule has 2 rings (SSSR count). The quantitative estimate of drug-likeness (QED) is 0.712. The lowest BCUT2D eigenvalue weighted by Gasteiger charge is -2.38. The highest BCUT2D eigenvalue weighted by atomic mass is 16.2. The van der Waals surface area contributed by atoms with Crippen LogP contribution < -0.4 is 5.32 Å². The van der Waals surface area contributed by atoms with Crippen molar-refractivity contribution < 1.29 is 4.79 Å². The maximum absolute atomic E-state index is 12.0. The number of amides is 1. The highest BCUT2D eigenvalue weighted by Gasteiger charge is 2.30. The molecule has 3 nitrogen and oxygen atoms in total. The van der Waals surface area contributed by atoms with E-state index in [9.17, 15) is 4.79 Å². The molecule has 0 bridgehead atoms. The molecule has 2 aliphatic rings. The van der Waals surface area contributed by atoms with Gasteiger partial charge in [0.15, 0.2) is 0 Å². The van der Waals surface area contributed by atoms with Crippen LogP contribution in [0, 0.1) is 0 Å². The first-order valence-electron chi connectivity index (χ1n) is 6.31. The third-order valence-electron chi connectivity index (χ3n) is 3.73. The summed E-state index contributed by atoms with van der Waals surface area (Å²) in [5.74, 6) is 0.395. The van der Waals surface area contributed by atoms with Crippen molar-refractivity contribution in [3.05, 3.63) is 0 Å². The molecule has 0 radical (unpaired) electrons. The Morgan fingerprint density at radius 2 is 1.93 bits per heavy atom. The van der Waals surface area contributed by atoms with E-state index in [1.54, 1.807) is 0 Å². The number of hydrogen-bond donors (Lipinski definition) is 1. The number of carbonyl (C=O) groups excluding carboxylic acids is 1. The summed E-state index contributed by atoms with van der Waals surface area (Å²) in [6.45, 7) is 4.35. The topological polar surface area (TPSA) is 32.3 Å². The number of nitrogens with one attached hydrogen (secondary N) is 1. The number of rotatable bonds is 1. The Morgan fingerprint density at radius 1 is 1.20 bits per heavy atom. The molecule has 1 amide bonds. The largest absolute Gasteiger partial charge is 0.337 e. The summed E-state index contributed by atoms with van der Waals surface area (Å²) in [6, 6.07) is 0.968. The van der Waals surface area contributed by atoms with Crippen LogP contribution in [0.5, 0.6) is 0 Å². The van der Waals surface area contributed by atoms with E-state index in [0.717, 1.165) is 38.8 Å². The van der Waals surface area contributed by atoms with Crippen LogP contribution in [0.15, 0.2) is 0 Å². The molecular weight excluding hydrogens is 188 g/mol. The predicted molar refractivity (Wildman–Crippen MR) is 60.7 cm³/mol. The van der Waals surface area contributed by atoms with Gasteiger partial charge in [0.1, 0.15) is 0 Å². The van der Waals surface area contributed by atoms with E-state index in [2.05, 4.69) is 17.1 Å². The fraction of sp³-hybridized carbons (Fsp3) is 0.917. The van der Waals surface area contributed by atoms with Gasteiger partial charge < -0.3 is 10.2 Å². The number of carbonyl (C=O) groups is 1. The SMILES string of the molecule is CC1CCCCC(=O)N1C1CCNCC1. The van der Waals surface area contributed by atoms with Crippen LogP contribution in [0.2, 0.25) is 0 Å². The molecule has 15 heavy (non-hydrogen) atoms. The molecular formula is C12H22N2O. The zero-order valence-electron chi connectivity index (χ0n) is 9.67. The van der Waals surface area contributed by atoms with Gasteiger partial charge in [-0.3, -0.25) is 4.79 Å². The fourth-order valence-corrected chi connectivity index (χ4v) is 2.88. The van der Waals surface area contributed by atoms with E-state index in [0.29, 0.717) is 18.0 Å². The van der Waals surface area contributed by atoms with Crippen molar-refractivity contribution in [2.45, 2.75) is 57.5 Å². The van der Waals surface area contributed by atoms with E-state index in [1.165, 1.54) is 12.8 Å². The van der Waals surface area contributed by atoms with Crippen LogP contribution in [0.4, 0.5) is 0 Å². The summed E-state index contributed by atoms with van der Waals surface area (Å²) in [5.41, 5.74) is 0. The first-order chi connectivity index (χ1) is 7.29. The van der Waals surface area contributed by atoms with Gasteiger partial charge in [-0.25, -0.2) is 0 Å². The Kier molecular flexibility index (Phi) is 3.62. The fourth-order valence-electron chi connectivity index (χ4n) is 2.88. The predicted octanol–water partition coefficient (Wildman–Crippen LogP) is 1.53. The van der Waals surface area contributed by atoms with Crippen LogP contribution in [-0.4, -0.2) is 36.0 Å². The minimum Gasteiger partial charge on any atom is -0.337 e. The second-order valence-corrected chi connectivity index (χ2v) is 4.88. The van der Waals surface area contributed by atoms with Gasteiger partial charge >= 0.3 is 0 Å². The van der Waals surface area contributed by atoms with Crippen LogP contribution >= 0.6 is 0 Å². The summed E-state index contributed by atoms with van der Waals surface area (Å²) < 4.78 is 0. The highest BCUT2D eigenvalue weighted by Crippen LogP contribution is 2.23. The molecule has 0 aliphatic carbocycles. The van der Waals surface area contributed by atoms with E-state index in [4.69, 9.17) is 0 Å². The van der Waals surface area contributed by atoms with E-state index in [1.807, 2.05) is 0 Å². The van der Waals surface area contributed by atoms with Crippen molar-refractivity contribution in [1.29, 1.82) is 0 Å². The normalized spacial score (nSPS) is 30.3. The Bertz CT molecular complexity index is 224. The zero-order chi connectivity index (χ0) is 10.7. The van der Waals surface area contributed by atoms with E-state index in [-0.39, 0.29) is 0 Å². The molecule has 0 spiro atoms. The van der Waals surface area contributed by atoms with Gasteiger partial charge in [-0.2, -0.15) is 0 Å². The summed E-state index contributed by atoms with van der Waals surface area (Å²) >= 11 is 0. The molecule has 2 aliphatic heterocycles. The standard InChI is InChI=1S/C12H22N2O/c1-10-4-2-3-5-12(15)14(10)11-6-8-13-9-7-11/h10-11,13H,2-9H2,1H3. The first-order valence-corrected chi connectivity index (χ1v) is 6.31. The molecule has 0 aromatic rings. The third-order valence-corrected chi connectivity index (χ3v) is 3.73. The molecule has 2 fully saturated rings. The average Bonchev–Trinajstić information content (AvgIpc) is 2.41. The number of hydrogen-bond acceptors (Lipinski definition) is 2. The van der Waals surface area contributed by atoms with Gasteiger partial charge in [-0.05, 0) is 45.7 Å². The van der Waals surface area contributed by atoms with Crippen molar-refractivity contribution in [2.75, 3.05) is 13.1 Å². The summed E-state index contributed by atoms with van der Waals surface area (Å²) in [6.07, 6.45) is 6.54. The Balaban J connectivity index is 2.04. The number of likely N-dealkylation sites (tertiary alicyclic amines) is 1. The van der Waals surface area contributed by atoms with Gasteiger partial charge in [0.05, 0.1) is 0 Å². The van der Waals surface area contributed by atoms with Crippen LogP contribution in [0.3, 0.4) is 0 Å². The molecule has 0 aromatic carbocycles. The van der Waals surface area contributed by atoms with Crippen molar-refractivity contribution in [3.63, 3.8) is 0 Å². The second kappa shape index (κ2) is 4.97. The zero-order valence-corrected chi connectivity index (χ0v) is 9.67. The molecule has 0 saturated carbocycles. The van der Waals surface area contributed by atoms with Gasteiger partial charge in [-0.1, -0.05) is 6.42 Å². The van der Waals surface area contributed by atoms with Gasteiger partial charge in [0.25, 0.3) is 0 Å². The summed E-state index contributed by atoms with van der Waals surface area (Å²) in [4.78, 5) is 14.2.